The van der Waals surface area contributed by atoms with Crippen molar-refractivity contribution in [3.8, 4) is 0 Å². The monoisotopic (exact) mass is 220 g/mol. The summed E-state index contributed by atoms with van der Waals surface area (Å²) in [5, 5.41) is 9.09. The molecule has 0 aliphatic carbocycles. The molecule has 0 rings (SSSR count). The maximum absolute atomic E-state index is 11.2. The van der Waals surface area contributed by atoms with Gasteiger partial charge < -0.3 is 9.84 Å². The number of ether oxygens (including phenoxy) is 1. The summed E-state index contributed by atoms with van der Waals surface area (Å²) >= 11 is 1.70. The van der Waals surface area contributed by atoms with E-state index in [9.17, 15) is 4.79 Å². The first-order valence-electron chi connectivity index (χ1n) is 5.00. The largest absolute Gasteiger partial charge is 0.466 e. The van der Waals surface area contributed by atoms with Gasteiger partial charge in [-0.15, -0.1) is 0 Å². The van der Waals surface area contributed by atoms with Crippen LogP contribution in [0, 0.1) is 5.92 Å². The fraction of sp³-hybridized carbons (Fsp3) is 0.900. The smallest absolute Gasteiger partial charge is 0.309 e. The van der Waals surface area contributed by atoms with Gasteiger partial charge in [-0.2, -0.15) is 11.8 Å². The van der Waals surface area contributed by atoms with Gasteiger partial charge in [-0.3, -0.25) is 4.79 Å². The van der Waals surface area contributed by atoms with E-state index >= 15 is 0 Å². The highest BCUT2D eigenvalue weighted by Gasteiger charge is 2.15. The molecule has 0 fully saturated rings. The molecule has 0 saturated carbocycles. The molecule has 0 bridgehead atoms. The summed E-state index contributed by atoms with van der Waals surface area (Å²) in [5.41, 5.74) is 0. The van der Waals surface area contributed by atoms with E-state index in [4.69, 9.17) is 9.84 Å². The van der Waals surface area contributed by atoms with Gasteiger partial charge in [0, 0.05) is 17.6 Å². The minimum absolute atomic E-state index is 0.0545. The van der Waals surface area contributed by atoms with Crippen LogP contribution in [0.5, 0.6) is 0 Å². The number of aliphatic hydroxyl groups excluding tert-OH is 1. The van der Waals surface area contributed by atoms with Crippen LogP contribution in [0.15, 0.2) is 0 Å². The predicted octanol–water partition coefficient (Wildman–Crippen LogP) is 1.69. The van der Waals surface area contributed by atoms with Crippen molar-refractivity contribution in [3.05, 3.63) is 0 Å². The van der Waals surface area contributed by atoms with Crippen molar-refractivity contribution in [2.45, 2.75) is 32.4 Å². The lowest BCUT2D eigenvalue weighted by Crippen LogP contribution is -2.18. The summed E-state index contributed by atoms with van der Waals surface area (Å²) < 4.78 is 4.89. The molecule has 0 saturated heterocycles. The summed E-state index contributed by atoms with van der Waals surface area (Å²) in [6.45, 7) is 6.39. The maximum atomic E-state index is 11.2. The second-order valence-corrected chi connectivity index (χ2v) is 4.78. The molecule has 1 N–H and O–H groups in total. The van der Waals surface area contributed by atoms with Crippen LogP contribution >= 0.6 is 11.8 Å². The van der Waals surface area contributed by atoms with Crippen molar-refractivity contribution >= 4 is 17.7 Å². The van der Waals surface area contributed by atoms with Gasteiger partial charge in [-0.1, -0.05) is 13.8 Å². The summed E-state index contributed by atoms with van der Waals surface area (Å²) in [6.07, 6.45) is 0.778. The van der Waals surface area contributed by atoms with Gasteiger partial charge in [0.15, 0.2) is 0 Å². The van der Waals surface area contributed by atoms with Crippen molar-refractivity contribution in [1.29, 1.82) is 0 Å². The molecule has 14 heavy (non-hydrogen) atoms. The van der Waals surface area contributed by atoms with E-state index in [0.29, 0.717) is 11.9 Å². The van der Waals surface area contributed by atoms with Crippen LogP contribution in [0.4, 0.5) is 0 Å². The van der Waals surface area contributed by atoms with E-state index in [2.05, 4.69) is 6.92 Å². The molecule has 84 valence electrons. The number of esters is 1. The molecule has 0 aromatic rings. The minimum atomic E-state index is -0.129. The third kappa shape index (κ3) is 6.27. The molecule has 0 spiro atoms. The zero-order valence-corrected chi connectivity index (χ0v) is 9.97. The average Bonchev–Trinajstić information content (AvgIpc) is 2.15. The summed E-state index contributed by atoms with van der Waals surface area (Å²) in [6, 6.07) is 0. The predicted molar refractivity (Wildman–Crippen MR) is 59.4 cm³/mol. The SMILES string of the molecule is CCOC(=O)C(C)CSC(C)CCO. The second-order valence-electron chi connectivity index (χ2n) is 3.31. The fourth-order valence-electron chi connectivity index (χ4n) is 0.926. The van der Waals surface area contributed by atoms with E-state index in [1.54, 1.807) is 11.8 Å². The molecule has 2 unspecified atom stereocenters. The molecular formula is C10H20O3S. The summed E-state index contributed by atoms with van der Waals surface area (Å²) in [5.74, 6) is 0.581. The number of aliphatic hydroxyl groups is 1. The summed E-state index contributed by atoms with van der Waals surface area (Å²) in [7, 11) is 0. The van der Waals surface area contributed by atoms with Gasteiger partial charge in [0.1, 0.15) is 0 Å². The lowest BCUT2D eigenvalue weighted by atomic mass is 10.2. The second kappa shape index (κ2) is 8.12. The van der Waals surface area contributed by atoms with Gasteiger partial charge in [0.05, 0.1) is 12.5 Å². The number of hydrogen-bond acceptors (Lipinski definition) is 4. The van der Waals surface area contributed by atoms with Crippen LogP contribution in [-0.4, -0.2) is 35.3 Å². The van der Waals surface area contributed by atoms with Crippen LogP contribution in [0.1, 0.15) is 27.2 Å². The van der Waals surface area contributed by atoms with E-state index < -0.39 is 0 Å². The van der Waals surface area contributed by atoms with Crippen LogP contribution in [0.2, 0.25) is 0 Å². The lowest BCUT2D eigenvalue weighted by Gasteiger charge is -2.13. The van der Waals surface area contributed by atoms with Gasteiger partial charge >= 0.3 is 5.97 Å². The van der Waals surface area contributed by atoms with Crippen molar-refractivity contribution in [1.82, 2.24) is 0 Å². The molecule has 2 atom stereocenters. The van der Waals surface area contributed by atoms with E-state index in [0.717, 1.165) is 12.2 Å². The molecule has 0 heterocycles. The maximum Gasteiger partial charge on any atom is 0.309 e. The molecule has 0 radical (unpaired) electrons. The van der Waals surface area contributed by atoms with E-state index in [1.165, 1.54) is 0 Å². The Balaban J connectivity index is 3.61. The number of thioether (sulfide) groups is 1. The molecule has 3 nitrogen and oxygen atoms in total. The van der Waals surface area contributed by atoms with Gasteiger partial charge in [-0.05, 0) is 13.3 Å². The molecule has 0 aromatic carbocycles. The van der Waals surface area contributed by atoms with E-state index in [-0.39, 0.29) is 18.5 Å². The van der Waals surface area contributed by atoms with Gasteiger partial charge in [0.2, 0.25) is 0 Å². The highest BCUT2D eigenvalue weighted by atomic mass is 32.2. The Morgan fingerprint density at radius 2 is 2.14 bits per heavy atom. The van der Waals surface area contributed by atoms with Crippen molar-refractivity contribution in [2.75, 3.05) is 19.0 Å². The standard InChI is InChI=1S/C10H20O3S/c1-4-13-10(12)8(2)7-14-9(3)5-6-11/h8-9,11H,4-7H2,1-3H3. The molecular weight excluding hydrogens is 200 g/mol. The molecule has 0 aromatic heterocycles. The first-order chi connectivity index (χ1) is 6.61. The number of carbonyl (C=O) groups is 1. The number of rotatable bonds is 7. The Hall–Kier alpha value is -0.220. The van der Waals surface area contributed by atoms with E-state index in [1.807, 2.05) is 13.8 Å². The Kier molecular flexibility index (Phi) is 7.99. The molecule has 0 aliphatic rings. The third-order valence-electron chi connectivity index (χ3n) is 1.86. The van der Waals surface area contributed by atoms with Crippen LogP contribution in [0.25, 0.3) is 0 Å². The topological polar surface area (TPSA) is 46.5 Å². The highest BCUT2D eigenvalue weighted by Crippen LogP contribution is 2.17. The van der Waals surface area contributed by atoms with Crippen LogP contribution < -0.4 is 0 Å². The Morgan fingerprint density at radius 3 is 2.64 bits per heavy atom. The zero-order chi connectivity index (χ0) is 11.0. The molecule has 0 amide bonds. The minimum Gasteiger partial charge on any atom is -0.466 e. The summed E-state index contributed by atoms with van der Waals surface area (Å²) in [4.78, 5) is 11.2. The zero-order valence-electron chi connectivity index (χ0n) is 9.16. The van der Waals surface area contributed by atoms with Crippen LogP contribution in [-0.2, 0) is 9.53 Å². The molecule has 0 aliphatic heterocycles. The Labute approximate surface area is 90.2 Å². The first kappa shape index (κ1) is 13.8. The lowest BCUT2D eigenvalue weighted by molar-refractivity contribution is -0.146. The first-order valence-corrected chi connectivity index (χ1v) is 6.05. The van der Waals surface area contributed by atoms with Gasteiger partial charge in [0.25, 0.3) is 0 Å². The quantitative estimate of drug-likeness (QED) is 0.663. The van der Waals surface area contributed by atoms with Crippen molar-refractivity contribution < 1.29 is 14.6 Å². The van der Waals surface area contributed by atoms with Crippen molar-refractivity contribution in [3.63, 3.8) is 0 Å². The Morgan fingerprint density at radius 1 is 1.50 bits per heavy atom. The van der Waals surface area contributed by atoms with Crippen molar-refractivity contribution in [2.24, 2.45) is 5.92 Å². The third-order valence-corrected chi connectivity index (χ3v) is 3.35. The highest BCUT2D eigenvalue weighted by molar-refractivity contribution is 7.99. The number of hydrogen-bond donors (Lipinski definition) is 1. The van der Waals surface area contributed by atoms with Crippen LogP contribution in [0.3, 0.4) is 0 Å². The average molecular weight is 220 g/mol. The number of carbonyl (C=O) groups excluding carboxylic acids is 1. The molecule has 4 heteroatoms. The van der Waals surface area contributed by atoms with Gasteiger partial charge in [-0.25, -0.2) is 0 Å². The normalized spacial score (nSPS) is 14.9. The fourth-order valence-corrected chi connectivity index (χ4v) is 1.95. The Bertz CT molecular complexity index is 161.